The van der Waals surface area contributed by atoms with E-state index in [0.29, 0.717) is 11.3 Å². The van der Waals surface area contributed by atoms with Crippen molar-refractivity contribution in [2.24, 2.45) is 62.6 Å². The van der Waals surface area contributed by atoms with Crippen LogP contribution >= 0.6 is 0 Å². The highest BCUT2D eigenvalue weighted by atomic mass is 16.4. The summed E-state index contributed by atoms with van der Waals surface area (Å²) in [4.78, 5) is 0. The van der Waals surface area contributed by atoms with Gasteiger partial charge in [-0.1, -0.05) is 64.2 Å². The predicted molar refractivity (Wildman–Crippen MR) is 127 cm³/mol. The van der Waals surface area contributed by atoms with Crippen LogP contribution in [0.4, 0.5) is 0 Å². The number of nitrogens with zero attached hydrogens (tertiary/aromatic N) is 2. The van der Waals surface area contributed by atoms with Gasteiger partial charge in [0.1, 0.15) is 0 Å². The van der Waals surface area contributed by atoms with Crippen LogP contribution < -0.4 is 0 Å². The molecule has 0 saturated heterocycles. The molecule has 4 fully saturated rings. The molecule has 176 valence electrons. The lowest BCUT2D eigenvalue weighted by atomic mass is 9.44. The third-order valence-electron chi connectivity index (χ3n) is 10.8. The Kier molecular flexibility index (Phi) is 6.49. The lowest BCUT2D eigenvalue weighted by Gasteiger charge is -2.60. The Hall–Kier alpha value is -1.06. The molecule has 0 aromatic carbocycles. The second-order valence-corrected chi connectivity index (χ2v) is 12.6. The van der Waals surface area contributed by atoms with E-state index in [1.165, 1.54) is 44.9 Å². The first-order chi connectivity index (χ1) is 14.7. The van der Waals surface area contributed by atoms with Crippen molar-refractivity contribution in [2.45, 2.75) is 105 Å². The summed E-state index contributed by atoms with van der Waals surface area (Å²) in [5.74, 6) is 4.88. The smallest absolute Gasteiger partial charge is 0.0613 e. The minimum absolute atomic E-state index is 0.182. The topological polar surface area (TPSA) is 65.2 Å². The molecule has 4 aliphatic rings. The number of hydrogen-bond donors (Lipinski definition) is 2. The van der Waals surface area contributed by atoms with Crippen LogP contribution in [0, 0.1) is 52.3 Å². The van der Waals surface area contributed by atoms with Gasteiger partial charge in [0.25, 0.3) is 0 Å². The minimum Gasteiger partial charge on any atom is -0.411 e. The van der Waals surface area contributed by atoms with Crippen LogP contribution in [0.5, 0.6) is 0 Å². The summed E-state index contributed by atoms with van der Waals surface area (Å²) in [6, 6.07) is 0. The molecule has 31 heavy (non-hydrogen) atoms. The highest BCUT2D eigenvalue weighted by Crippen LogP contribution is 2.67. The van der Waals surface area contributed by atoms with Gasteiger partial charge in [-0.15, -0.1) is 0 Å². The maximum atomic E-state index is 9.97. The zero-order chi connectivity index (χ0) is 22.4. The second-order valence-electron chi connectivity index (χ2n) is 12.6. The monoisotopic (exact) mass is 430 g/mol. The van der Waals surface area contributed by atoms with E-state index in [1.807, 2.05) is 0 Å². The number of rotatable bonds is 5. The molecule has 0 aromatic rings. The molecule has 4 saturated carbocycles. The minimum atomic E-state index is 0.182. The average molecular weight is 431 g/mol. The summed E-state index contributed by atoms with van der Waals surface area (Å²) in [5, 5.41) is 26.8. The van der Waals surface area contributed by atoms with Crippen molar-refractivity contribution < 1.29 is 10.4 Å². The normalized spacial score (nSPS) is 46.1. The van der Waals surface area contributed by atoms with Gasteiger partial charge in [0, 0.05) is 5.92 Å². The van der Waals surface area contributed by atoms with Crippen LogP contribution in [0.15, 0.2) is 10.3 Å². The molecule has 0 aromatic heterocycles. The quantitative estimate of drug-likeness (QED) is 0.353. The van der Waals surface area contributed by atoms with Crippen molar-refractivity contribution in [1.82, 2.24) is 0 Å². The Labute approximate surface area is 189 Å². The Morgan fingerprint density at radius 2 is 1.65 bits per heavy atom. The van der Waals surface area contributed by atoms with Gasteiger partial charge in [-0.2, -0.15) is 0 Å². The van der Waals surface area contributed by atoms with Crippen LogP contribution in [0.3, 0.4) is 0 Å². The third-order valence-corrected chi connectivity index (χ3v) is 10.8. The van der Waals surface area contributed by atoms with E-state index in [1.54, 1.807) is 0 Å². The Balaban J connectivity index is 1.54. The van der Waals surface area contributed by atoms with Crippen molar-refractivity contribution >= 4 is 11.4 Å². The zero-order valence-corrected chi connectivity index (χ0v) is 20.6. The van der Waals surface area contributed by atoms with E-state index in [2.05, 4.69) is 44.9 Å². The summed E-state index contributed by atoms with van der Waals surface area (Å²) in [7, 11) is 0. The van der Waals surface area contributed by atoms with E-state index in [0.717, 1.165) is 66.7 Å². The maximum Gasteiger partial charge on any atom is 0.0613 e. The Bertz CT molecular complexity index is 716. The molecule has 0 heterocycles. The predicted octanol–water partition coefficient (Wildman–Crippen LogP) is 7.38. The Morgan fingerprint density at radius 1 is 0.903 bits per heavy atom. The van der Waals surface area contributed by atoms with E-state index in [9.17, 15) is 10.4 Å². The molecule has 4 nitrogen and oxygen atoms in total. The molecule has 4 aliphatic carbocycles. The first-order valence-corrected chi connectivity index (χ1v) is 13.1. The van der Waals surface area contributed by atoms with E-state index in [-0.39, 0.29) is 11.3 Å². The van der Waals surface area contributed by atoms with Crippen LogP contribution in [-0.2, 0) is 0 Å². The van der Waals surface area contributed by atoms with Crippen molar-refractivity contribution in [3.63, 3.8) is 0 Å². The van der Waals surface area contributed by atoms with Crippen molar-refractivity contribution in [3.05, 3.63) is 0 Å². The molecule has 0 radical (unpaired) electrons. The fourth-order valence-corrected chi connectivity index (χ4v) is 9.10. The summed E-state index contributed by atoms with van der Waals surface area (Å²) in [6.45, 7) is 12.3. The molecular formula is C27H46N2O2. The maximum absolute atomic E-state index is 9.97. The van der Waals surface area contributed by atoms with Gasteiger partial charge in [0.05, 0.1) is 11.4 Å². The van der Waals surface area contributed by atoms with Gasteiger partial charge in [-0.3, -0.25) is 0 Å². The van der Waals surface area contributed by atoms with Gasteiger partial charge in [-0.25, -0.2) is 0 Å². The van der Waals surface area contributed by atoms with Gasteiger partial charge in [0.2, 0.25) is 0 Å². The molecule has 4 heteroatoms. The summed E-state index contributed by atoms with van der Waals surface area (Å²) < 4.78 is 0. The second kappa shape index (κ2) is 8.71. The average Bonchev–Trinajstić information content (AvgIpc) is 3.09. The van der Waals surface area contributed by atoms with Gasteiger partial charge in [-0.05, 0) is 97.7 Å². The molecule has 0 amide bonds. The van der Waals surface area contributed by atoms with Crippen molar-refractivity contribution in [1.29, 1.82) is 0 Å². The summed E-state index contributed by atoms with van der Waals surface area (Å²) in [6.07, 6.45) is 13.2. The van der Waals surface area contributed by atoms with Gasteiger partial charge >= 0.3 is 0 Å². The first-order valence-electron chi connectivity index (χ1n) is 13.1. The van der Waals surface area contributed by atoms with Crippen molar-refractivity contribution in [2.75, 3.05) is 0 Å². The van der Waals surface area contributed by atoms with Crippen LogP contribution in [-0.4, -0.2) is 21.8 Å². The lowest BCUT2D eigenvalue weighted by Crippen LogP contribution is -2.56. The van der Waals surface area contributed by atoms with E-state index >= 15 is 0 Å². The highest BCUT2D eigenvalue weighted by Gasteiger charge is 2.62. The Morgan fingerprint density at radius 3 is 2.32 bits per heavy atom. The van der Waals surface area contributed by atoms with Crippen LogP contribution in [0.1, 0.15) is 105 Å². The lowest BCUT2D eigenvalue weighted by molar-refractivity contribution is -0.0734. The molecule has 8 atom stereocenters. The molecule has 0 spiro atoms. The highest BCUT2D eigenvalue weighted by molar-refractivity contribution is 5.95. The SMILES string of the molecule is CC(C)CCCC(C)C1CCC2C3CC(=NO)C4CC(=NO)CCC4(C)C3CCC12C. The fraction of sp³-hybridized carbons (Fsp3) is 0.926. The van der Waals surface area contributed by atoms with Gasteiger partial charge < -0.3 is 10.4 Å². The fourth-order valence-electron chi connectivity index (χ4n) is 9.10. The van der Waals surface area contributed by atoms with Crippen LogP contribution in [0.2, 0.25) is 0 Å². The van der Waals surface area contributed by atoms with Crippen molar-refractivity contribution in [3.8, 4) is 0 Å². The first kappa shape index (κ1) is 23.1. The molecule has 4 rings (SSSR count). The number of fused-ring (bicyclic) bond motifs is 5. The van der Waals surface area contributed by atoms with Gasteiger partial charge in [0.15, 0.2) is 0 Å². The molecule has 8 unspecified atom stereocenters. The van der Waals surface area contributed by atoms with E-state index < -0.39 is 0 Å². The molecule has 0 aliphatic heterocycles. The summed E-state index contributed by atoms with van der Waals surface area (Å²) >= 11 is 0. The number of oxime groups is 2. The zero-order valence-electron chi connectivity index (χ0n) is 20.6. The third kappa shape index (κ3) is 3.84. The molecule has 2 N–H and O–H groups in total. The molecule has 0 bridgehead atoms. The molecular weight excluding hydrogens is 384 g/mol. The van der Waals surface area contributed by atoms with E-state index in [4.69, 9.17) is 0 Å². The summed E-state index contributed by atoms with van der Waals surface area (Å²) in [5.41, 5.74) is 2.51. The standard InChI is InChI=1S/C27H46N2O2/c1-17(2)7-6-8-18(3)21-9-10-22-20-16-25(29-31)24-15-19(28-30)11-13-27(24,5)23(20)12-14-26(21,22)4/h17-18,20-24,30-31H,6-16H2,1-5H3. The number of hydrogen-bond acceptors (Lipinski definition) is 4. The largest absolute Gasteiger partial charge is 0.411 e. The van der Waals surface area contributed by atoms with Crippen LogP contribution in [0.25, 0.3) is 0 Å².